The number of benzene rings is 1. The van der Waals surface area contributed by atoms with Crippen molar-refractivity contribution in [2.75, 3.05) is 44.9 Å². The zero-order valence-electron chi connectivity index (χ0n) is 12.6. The lowest BCUT2D eigenvalue weighted by atomic mass is 10.2. The molecule has 0 aliphatic carbocycles. The molecular formula is C15H23N3O3. The van der Waals surface area contributed by atoms with Gasteiger partial charge >= 0.3 is 0 Å². The first-order valence-corrected chi connectivity index (χ1v) is 7.11. The standard InChI is InChI=1S/C15H23N3O3/c1-20-12-5-7-18(10-12)8-6-15(19)17-13-9-11(16)3-4-14(13)21-2/h3-4,9,12H,5-8,10,16H2,1-2H3,(H,17,19). The van der Waals surface area contributed by atoms with Crippen LogP contribution in [0.5, 0.6) is 5.75 Å². The fourth-order valence-electron chi connectivity index (χ4n) is 2.49. The van der Waals surface area contributed by atoms with Crippen LogP contribution < -0.4 is 15.8 Å². The summed E-state index contributed by atoms with van der Waals surface area (Å²) in [6, 6.07) is 5.19. The summed E-state index contributed by atoms with van der Waals surface area (Å²) in [4.78, 5) is 14.3. The lowest BCUT2D eigenvalue weighted by Gasteiger charge is -2.16. The number of nitrogen functional groups attached to an aromatic ring is 1. The lowest BCUT2D eigenvalue weighted by molar-refractivity contribution is -0.116. The van der Waals surface area contributed by atoms with Gasteiger partial charge in [-0.25, -0.2) is 0 Å². The summed E-state index contributed by atoms with van der Waals surface area (Å²) in [6.45, 7) is 2.61. The molecular weight excluding hydrogens is 270 g/mol. The Labute approximate surface area is 125 Å². The number of hydrogen-bond donors (Lipinski definition) is 2. The van der Waals surface area contributed by atoms with Crippen molar-refractivity contribution < 1.29 is 14.3 Å². The Morgan fingerprint density at radius 1 is 1.48 bits per heavy atom. The largest absolute Gasteiger partial charge is 0.495 e. The second-order valence-corrected chi connectivity index (χ2v) is 5.20. The summed E-state index contributed by atoms with van der Waals surface area (Å²) >= 11 is 0. The molecule has 0 radical (unpaired) electrons. The van der Waals surface area contributed by atoms with Gasteiger partial charge in [0.2, 0.25) is 5.91 Å². The Morgan fingerprint density at radius 2 is 2.29 bits per heavy atom. The summed E-state index contributed by atoms with van der Waals surface area (Å²) in [6.07, 6.45) is 1.76. The highest BCUT2D eigenvalue weighted by Gasteiger charge is 2.22. The smallest absolute Gasteiger partial charge is 0.225 e. The van der Waals surface area contributed by atoms with Crippen molar-refractivity contribution in [2.24, 2.45) is 0 Å². The van der Waals surface area contributed by atoms with Crippen LogP contribution in [0.2, 0.25) is 0 Å². The third-order valence-electron chi connectivity index (χ3n) is 3.72. The number of carbonyl (C=O) groups excluding carboxylic acids is 1. The molecule has 1 unspecified atom stereocenters. The summed E-state index contributed by atoms with van der Waals surface area (Å²) in [5.41, 5.74) is 6.93. The van der Waals surface area contributed by atoms with E-state index in [-0.39, 0.29) is 5.91 Å². The molecule has 1 atom stereocenters. The van der Waals surface area contributed by atoms with Crippen molar-refractivity contribution in [3.63, 3.8) is 0 Å². The quantitative estimate of drug-likeness (QED) is 0.774. The van der Waals surface area contributed by atoms with E-state index in [1.807, 2.05) is 0 Å². The molecule has 6 nitrogen and oxygen atoms in total. The van der Waals surface area contributed by atoms with E-state index in [1.54, 1.807) is 32.4 Å². The first-order valence-electron chi connectivity index (χ1n) is 7.11. The van der Waals surface area contributed by atoms with Gasteiger partial charge in [0.15, 0.2) is 0 Å². The van der Waals surface area contributed by atoms with E-state index < -0.39 is 0 Å². The van der Waals surface area contributed by atoms with Gasteiger partial charge < -0.3 is 25.4 Å². The molecule has 1 aromatic carbocycles. The van der Waals surface area contributed by atoms with Crippen molar-refractivity contribution in [1.29, 1.82) is 0 Å². The lowest BCUT2D eigenvalue weighted by Crippen LogP contribution is -2.27. The van der Waals surface area contributed by atoms with E-state index in [1.165, 1.54) is 0 Å². The summed E-state index contributed by atoms with van der Waals surface area (Å²) < 4.78 is 10.5. The molecule has 1 fully saturated rings. The number of nitrogens with zero attached hydrogens (tertiary/aromatic N) is 1. The normalized spacial score (nSPS) is 18.7. The van der Waals surface area contributed by atoms with Crippen LogP contribution in [-0.2, 0) is 9.53 Å². The van der Waals surface area contributed by atoms with Gasteiger partial charge in [-0.1, -0.05) is 0 Å². The highest BCUT2D eigenvalue weighted by Crippen LogP contribution is 2.26. The van der Waals surface area contributed by atoms with Gasteiger partial charge in [0, 0.05) is 38.9 Å². The summed E-state index contributed by atoms with van der Waals surface area (Å²) in [5.74, 6) is 0.568. The molecule has 0 saturated carbocycles. The van der Waals surface area contributed by atoms with Crippen molar-refractivity contribution >= 4 is 17.3 Å². The number of methoxy groups -OCH3 is 2. The molecule has 1 aliphatic heterocycles. The Balaban J connectivity index is 1.83. The van der Waals surface area contributed by atoms with Crippen LogP contribution in [0.4, 0.5) is 11.4 Å². The third kappa shape index (κ3) is 4.34. The molecule has 1 aromatic rings. The number of hydrogen-bond acceptors (Lipinski definition) is 5. The topological polar surface area (TPSA) is 76.8 Å². The Morgan fingerprint density at radius 3 is 2.95 bits per heavy atom. The molecule has 6 heteroatoms. The van der Waals surface area contributed by atoms with Gasteiger partial charge in [-0.05, 0) is 24.6 Å². The van der Waals surface area contributed by atoms with Gasteiger partial charge in [0.05, 0.1) is 18.9 Å². The molecule has 2 rings (SSSR count). The molecule has 0 aromatic heterocycles. The number of anilines is 2. The SMILES string of the molecule is COc1ccc(N)cc1NC(=O)CCN1CCC(OC)C1. The van der Waals surface area contributed by atoms with Crippen LogP contribution in [0.1, 0.15) is 12.8 Å². The van der Waals surface area contributed by atoms with Gasteiger partial charge in [-0.15, -0.1) is 0 Å². The van der Waals surface area contributed by atoms with Gasteiger partial charge in [0.25, 0.3) is 0 Å². The molecule has 1 aliphatic rings. The van der Waals surface area contributed by atoms with E-state index in [2.05, 4.69) is 10.2 Å². The van der Waals surface area contributed by atoms with E-state index in [0.29, 0.717) is 29.6 Å². The molecule has 21 heavy (non-hydrogen) atoms. The van der Waals surface area contributed by atoms with Crippen LogP contribution in [0.3, 0.4) is 0 Å². The minimum absolute atomic E-state index is 0.0419. The monoisotopic (exact) mass is 293 g/mol. The maximum absolute atomic E-state index is 12.0. The Bertz CT molecular complexity index is 493. The Kier molecular flexibility index (Phi) is 5.41. The second kappa shape index (κ2) is 7.28. The van der Waals surface area contributed by atoms with Crippen LogP contribution in [0.15, 0.2) is 18.2 Å². The third-order valence-corrected chi connectivity index (χ3v) is 3.72. The fourth-order valence-corrected chi connectivity index (χ4v) is 2.49. The molecule has 0 bridgehead atoms. The first-order chi connectivity index (χ1) is 10.1. The molecule has 0 spiro atoms. The maximum atomic E-state index is 12.0. The van der Waals surface area contributed by atoms with Crippen LogP contribution >= 0.6 is 0 Å². The highest BCUT2D eigenvalue weighted by atomic mass is 16.5. The number of carbonyl (C=O) groups is 1. The number of nitrogens with one attached hydrogen (secondary N) is 1. The fraction of sp³-hybridized carbons (Fsp3) is 0.533. The van der Waals surface area contributed by atoms with Crippen molar-refractivity contribution in [1.82, 2.24) is 4.90 Å². The Hall–Kier alpha value is -1.79. The molecule has 1 saturated heterocycles. The minimum atomic E-state index is -0.0419. The number of ether oxygens (including phenoxy) is 2. The predicted octanol–water partition coefficient (Wildman–Crippen LogP) is 1.33. The van der Waals surface area contributed by atoms with Crippen molar-refractivity contribution in [3.05, 3.63) is 18.2 Å². The first kappa shape index (κ1) is 15.6. The van der Waals surface area contributed by atoms with Gasteiger partial charge in [-0.3, -0.25) is 4.79 Å². The molecule has 116 valence electrons. The zero-order valence-corrected chi connectivity index (χ0v) is 12.6. The van der Waals surface area contributed by atoms with E-state index >= 15 is 0 Å². The number of nitrogens with two attached hydrogens (primary N) is 1. The molecule has 1 amide bonds. The van der Waals surface area contributed by atoms with Crippen molar-refractivity contribution in [2.45, 2.75) is 18.9 Å². The van der Waals surface area contributed by atoms with E-state index in [0.717, 1.165) is 26.1 Å². The van der Waals surface area contributed by atoms with Crippen LogP contribution in [0.25, 0.3) is 0 Å². The molecule has 3 N–H and O–H groups in total. The summed E-state index contributed by atoms with van der Waals surface area (Å²) in [5, 5.41) is 2.85. The zero-order chi connectivity index (χ0) is 15.2. The maximum Gasteiger partial charge on any atom is 0.225 e. The number of likely N-dealkylation sites (tertiary alicyclic amines) is 1. The van der Waals surface area contributed by atoms with E-state index in [9.17, 15) is 4.79 Å². The van der Waals surface area contributed by atoms with Gasteiger partial charge in [0.1, 0.15) is 5.75 Å². The van der Waals surface area contributed by atoms with E-state index in [4.69, 9.17) is 15.2 Å². The highest BCUT2D eigenvalue weighted by molar-refractivity contribution is 5.93. The predicted molar refractivity (Wildman–Crippen MR) is 82.5 cm³/mol. The molecule has 1 heterocycles. The number of rotatable bonds is 6. The van der Waals surface area contributed by atoms with Crippen LogP contribution in [-0.4, -0.2) is 50.8 Å². The van der Waals surface area contributed by atoms with Crippen LogP contribution in [0, 0.1) is 0 Å². The second-order valence-electron chi connectivity index (χ2n) is 5.20. The summed E-state index contributed by atoms with van der Waals surface area (Å²) in [7, 11) is 3.29. The van der Waals surface area contributed by atoms with Crippen molar-refractivity contribution in [3.8, 4) is 5.75 Å². The number of amides is 1. The average molecular weight is 293 g/mol. The average Bonchev–Trinajstić information content (AvgIpc) is 2.93. The van der Waals surface area contributed by atoms with Gasteiger partial charge in [-0.2, -0.15) is 0 Å². The minimum Gasteiger partial charge on any atom is -0.495 e.